The first-order valence-electron chi connectivity index (χ1n) is 3.00. The van der Waals surface area contributed by atoms with Crippen molar-refractivity contribution < 1.29 is 4.79 Å². The molecule has 52 valence electrons. The molecule has 10 heavy (non-hydrogen) atoms. The Balaban J connectivity index is 3.16. The van der Waals surface area contributed by atoms with E-state index < -0.39 is 0 Å². The van der Waals surface area contributed by atoms with Crippen molar-refractivity contribution in [3.05, 3.63) is 23.0 Å². The molecule has 0 unspecified atom stereocenters. The highest BCUT2D eigenvalue weighted by Gasteiger charge is 1.95. The highest BCUT2D eigenvalue weighted by atomic mass is 16.1. The van der Waals surface area contributed by atoms with Gasteiger partial charge in [0.05, 0.1) is 5.69 Å². The monoisotopic (exact) mass is 136 g/mol. The summed E-state index contributed by atoms with van der Waals surface area (Å²) in [6.45, 7) is 3.76. The summed E-state index contributed by atoms with van der Waals surface area (Å²) in [6.07, 6.45) is 0.694. The van der Waals surface area contributed by atoms with E-state index in [0.717, 1.165) is 11.3 Å². The Morgan fingerprint density at radius 1 is 1.40 bits per heavy atom. The summed E-state index contributed by atoms with van der Waals surface area (Å²) in [5.41, 5.74) is 2.26. The Kier molecular flexibility index (Phi) is 1.76. The van der Waals surface area contributed by atoms with E-state index in [1.54, 1.807) is 6.07 Å². The Hall–Kier alpha value is -1.25. The lowest BCUT2D eigenvalue weighted by atomic mass is 10.2. The molecular weight excluding hydrogens is 128 g/mol. The van der Waals surface area contributed by atoms with Crippen molar-refractivity contribution in [2.24, 2.45) is 0 Å². The minimum atomic E-state index is 0.392. The van der Waals surface area contributed by atoms with Gasteiger partial charge < -0.3 is 0 Å². The molecule has 1 aromatic heterocycles. The van der Waals surface area contributed by atoms with Crippen LogP contribution in [-0.4, -0.2) is 16.5 Å². The summed E-state index contributed by atoms with van der Waals surface area (Å²) < 4.78 is 0. The van der Waals surface area contributed by atoms with Gasteiger partial charge in [-0.05, 0) is 25.5 Å². The van der Waals surface area contributed by atoms with Crippen LogP contribution < -0.4 is 0 Å². The first kappa shape index (κ1) is 6.86. The number of hydrogen-bond acceptors (Lipinski definition) is 3. The zero-order valence-corrected chi connectivity index (χ0v) is 5.96. The second-order valence-corrected chi connectivity index (χ2v) is 2.16. The molecule has 0 N–H and O–H groups in total. The van der Waals surface area contributed by atoms with Crippen LogP contribution in [0.5, 0.6) is 0 Å². The fourth-order valence-corrected chi connectivity index (χ4v) is 0.624. The van der Waals surface area contributed by atoms with Crippen LogP contribution in [0.4, 0.5) is 0 Å². The molecule has 0 aromatic carbocycles. The quantitative estimate of drug-likeness (QED) is 0.539. The number of nitrogens with zero attached hydrogens (tertiary/aromatic N) is 2. The highest BCUT2D eigenvalue weighted by Crippen LogP contribution is 2.00. The molecule has 1 aromatic rings. The number of aryl methyl sites for hydroxylation is 2. The van der Waals surface area contributed by atoms with E-state index in [-0.39, 0.29) is 0 Å². The molecular formula is C7H8N2O. The number of hydrogen-bond donors (Lipinski definition) is 0. The van der Waals surface area contributed by atoms with Crippen molar-refractivity contribution in [2.75, 3.05) is 0 Å². The Labute approximate surface area is 59.1 Å². The zero-order valence-electron chi connectivity index (χ0n) is 5.96. The van der Waals surface area contributed by atoms with E-state index in [9.17, 15) is 4.79 Å². The number of carbonyl (C=O) groups excluding carboxylic acids is 1. The molecule has 1 heterocycles. The molecule has 0 bridgehead atoms. The smallest absolute Gasteiger partial charge is 0.170 e. The lowest BCUT2D eigenvalue weighted by Crippen LogP contribution is -1.95. The number of carbonyl (C=O) groups is 1. The molecule has 3 nitrogen and oxygen atoms in total. The van der Waals surface area contributed by atoms with Gasteiger partial charge in [-0.15, -0.1) is 5.10 Å². The standard InChI is InChI=1S/C7H8N2O/c1-5-3-7(4-10)9-8-6(5)2/h3-4H,1-2H3. The van der Waals surface area contributed by atoms with Gasteiger partial charge in [0, 0.05) is 0 Å². The summed E-state index contributed by atoms with van der Waals surface area (Å²) in [7, 11) is 0. The molecule has 0 amide bonds. The molecule has 0 atom stereocenters. The summed E-state index contributed by atoms with van der Waals surface area (Å²) in [6, 6.07) is 1.72. The van der Waals surface area contributed by atoms with Crippen molar-refractivity contribution in [1.82, 2.24) is 10.2 Å². The van der Waals surface area contributed by atoms with E-state index in [2.05, 4.69) is 10.2 Å². The lowest BCUT2D eigenvalue weighted by Gasteiger charge is -1.95. The van der Waals surface area contributed by atoms with Gasteiger partial charge in [-0.2, -0.15) is 5.10 Å². The first-order chi connectivity index (χ1) is 4.74. The molecule has 0 saturated heterocycles. The van der Waals surface area contributed by atoms with Crippen LogP contribution >= 0.6 is 0 Å². The maximum atomic E-state index is 10.2. The van der Waals surface area contributed by atoms with Crippen molar-refractivity contribution in [1.29, 1.82) is 0 Å². The van der Waals surface area contributed by atoms with Gasteiger partial charge in [0.2, 0.25) is 0 Å². The van der Waals surface area contributed by atoms with E-state index in [1.165, 1.54) is 0 Å². The van der Waals surface area contributed by atoms with E-state index in [0.29, 0.717) is 12.0 Å². The van der Waals surface area contributed by atoms with Crippen LogP contribution in [0.3, 0.4) is 0 Å². The van der Waals surface area contributed by atoms with Gasteiger partial charge >= 0.3 is 0 Å². The molecule has 0 aliphatic rings. The molecule has 0 aliphatic heterocycles. The number of aromatic nitrogens is 2. The fraction of sp³-hybridized carbons (Fsp3) is 0.286. The maximum absolute atomic E-state index is 10.2. The van der Waals surface area contributed by atoms with Crippen molar-refractivity contribution >= 4 is 6.29 Å². The Bertz CT molecular complexity index is 258. The second-order valence-electron chi connectivity index (χ2n) is 2.16. The van der Waals surface area contributed by atoms with Crippen molar-refractivity contribution in [3.63, 3.8) is 0 Å². The number of aldehydes is 1. The fourth-order valence-electron chi connectivity index (χ4n) is 0.624. The van der Waals surface area contributed by atoms with Gasteiger partial charge in [0.25, 0.3) is 0 Å². The van der Waals surface area contributed by atoms with Crippen molar-refractivity contribution in [3.8, 4) is 0 Å². The average Bonchev–Trinajstić information content (AvgIpc) is 1.95. The third kappa shape index (κ3) is 1.18. The van der Waals surface area contributed by atoms with Gasteiger partial charge in [0.15, 0.2) is 6.29 Å². The van der Waals surface area contributed by atoms with Crippen molar-refractivity contribution in [2.45, 2.75) is 13.8 Å². The molecule has 0 aliphatic carbocycles. The van der Waals surface area contributed by atoms with Gasteiger partial charge in [-0.25, -0.2) is 0 Å². The SMILES string of the molecule is Cc1cc(C=O)nnc1C. The minimum Gasteiger partial charge on any atom is -0.296 e. The van der Waals surface area contributed by atoms with Crippen LogP contribution in [0.2, 0.25) is 0 Å². The normalized spacial score (nSPS) is 9.40. The van der Waals surface area contributed by atoms with E-state index in [1.807, 2.05) is 13.8 Å². The van der Waals surface area contributed by atoms with Crippen LogP contribution in [0.1, 0.15) is 21.7 Å². The van der Waals surface area contributed by atoms with Crippen LogP contribution in [0.15, 0.2) is 6.07 Å². The molecule has 1 rings (SSSR count). The molecule has 3 heteroatoms. The Morgan fingerprint density at radius 3 is 2.60 bits per heavy atom. The summed E-state index contributed by atoms with van der Waals surface area (Å²) >= 11 is 0. The molecule has 0 fully saturated rings. The molecule has 0 radical (unpaired) electrons. The van der Waals surface area contributed by atoms with E-state index >= 15 is 0 Å². The third-order valence-electron chi connectivity index (χ3n) is 1.37. The maximum Gasteiger partial charge on any atom is 0.170 e. The largest absolute Gasteiger partial charge is 0.296 e. The first-order valence-corrected chi connectivity index (χ1v) is 3.00. The Morgan fingerprint density at radius 2 is 2.10 bits per heavy atom. The summed E-state index contributed by atoms with van der Waals surface area (Å²) in [4.78, 5) is 10.2. The predicted octanol–water partition coefficient (Wildman–Crippen LogP) is 0.906. The topological polar surface area (TPSA) is 42.9 Å². The van der Waals surface area contributed by atoms with Gasteiger partial charge in [0.1, 0.15) is 5.69 Å². The minimum absolute atomic E-state index is 0.392. The molecule has 0 spiro atoms. The number of rotatable bonds is 1. The third-order valence-corrected chi connectivity index (χ3v) is 1.37. The van der Waals surface area contributed by atoms with Crippen LogP contribution in [0, 0.1) is 13.8 Å². The van der Waals surface area contributed by atoms with Gasteiger partial charge in [-0.3, -0.25) is 4.79 Å². The van der Waals surface area contributed by atoms with Crippen LogP contribution in [-0.2, 0) is 0 Å². The lowest BCUT2D eigenvalue weighted by molar-refractivity contribution is 0.111. The molecule has 0 saturated carbocycles. The predicted molar refractivity (Wildman–Crippen MR) is 36.9 cm³/mol. The summed E-state index contributed by atoms with van der Waals surface area (Å²) in [5, 5.41) is 7.41. The van der Waals surface area contributed by atoms with E-state index in [4.69, 9.17) is 0 Å². The highest BCUT2D eigenvalue weighted by molar-refractivity contribution is 5.71. The van der Waals surface area contributed by atoms with Gasteiger partial charge in [-0.1, -0.05) is 0 Å². The average molecular weight is 136 g/mol. The summed E-state index contributed by atoms with van der Waals surface area (Å²) in [5.74, 6) is 0. The zero-order chi connectivity index (χ0) is 7.56. The van der Waals surface area contributed by atoms with Crippen LogP contribution in [0.25, 0.3) is 0 Å². The second kappa shape index (κ2) is 2.56.